The molecule has 1 aromatic carbocycles. The minimum Gasteiger partial charge on any atom is -0.377 e. The van der Waals surface area contributed by atoms with Crippen molar-refractivity contribution in [2.75, 3.05) is 18.5 Å². The van der Waals surface area contributed by atoms with Crippen LogP contribution in [-0.4, -0.2) is 45.7 Å². The molecule has 0 saturated heterocycles. The van der Waals surface area contributed by atoms with Crippen molar-refractivity contribution in [3.63, 3.8) is 0 Å². The maximum Gasteiger partial charge on any atom is 0.226 e. The average Bonchev–Trinajstić information content (AvgIpc) is 3.13. The Bertz CT molecular complexity index is 793. The molecule has 1 aromatic heterocycles. The Hall–Kier alpha value is -2.25. The molecular weight excluding hydrogens is 378 g/mol. The van der Waals surface area contributed by atoms with Gasteiger partial charge in [-0.1, -0.05) is 38.1 Å². The van der Waals surface area contributed by atoms with Crippen LogP contribution < -0.4 is 10.6 Å². The zero-order valence-corrected chi connectivity index (χ0v) is 19.4. The first-order chi connectivity index (χ1) is 14.0. The van der Waals surface area contributed by atoms with E-state index in [0.717, 1.165) is 30.0 Å². The summed E-state index contributed by atoms with van der Waals surface area (Å²) in [7, 11) is 0. The van der Waals surface area contributed by atoms with Crippen LogP contribution in [0.15, 0.2) is 30.5 Å². The van der Waals surface area contributed by atoms with Crippen molar-refractivity contribution in [1.29, 1.82) is 0 Å². The van der Waals surface area contributed by atoms with Gasteiger partial charge >= 0.3 is 0 Å². The summed E-state index contributed by atoms with van der Waals surface area (Å²) in [5.74, 6) is 0.284. The lowest BCUT2D eigenvalue weighted by Crippen LogP contribution is -2.41. The topological polar surface area (TPSA) is 81.1 Å². The summed E-state index contributed by atoms with van der Waals surface area (Å²) in [4.78, 5) is 11.8. The number of carbonyl (C=O) groups excluding carboxylic acids is 1. The Morgan fingerprint density at radius 1 is 1.13 bits per heavy atom. The van der Waals surface area contributed by atoms with Crippen molar-refractivity contribution in [1.82, 2.24) is 20.3 Å². The van der Waals surface area contributed by atoms with Crippen molar-refractivity contribution in [3.05, 3.63) is 30.5 Å². The van der Waals surface area contributed by atoms with E-state index < -0.39 is 0 Å². The van der Waals surface area contributed by atoms with Crippen molar-refractivity contribution in [2.45, 2.75) is 66.7 Å². The molecule has 0 bridgehead atoms. The van der Waals surface area contributed by atoms with Crippen LogP contribution in [0.5, 0.6) is 0 Å². The van der Waals surface area contributed by atoms with Gasteiger partial charge in [-0.2, -0.15) is 0 Å². The summed E-state index contributed by atoms with van der Waals surface area (Å²) in [6, 6.07) is 7.66. The van der Waals surface area contributed by atoms with Crippen LogP contribution in [0.3, 0.4) is 0 Å². The van der Waals surface area contributed by atoms with Crippen molar-refractivity contribution in [2.24, 2.45) is 11.8 Å². The molecule has 0 aliphatic rings. The van der Waals surface area contributed by atoms with Gasteiger partial charge in [0.25, 0.3) is 0 Å². The van der Waals surface area contributed by atoms with Gasteiger partial charge in [-0.05, 0) is 45.7 Å². The summed E-state index contributed by atoms with van der Waals surface area (Å²) < 4.78 is 7.82. The van der Waals surface area contributed by atoms with Gasteiger partial charge in [0.1, 0.15) is 5.69 Å². The van der Waals surface area contributed by atoms with Gasteiger partial charge in [-0.3, -0.25) is 9.48 Å². The normalized spacial score (nSPS) is 14.0. The fourth-order valence-corrected chi connectivity index (χ4v) is 2.74. The molecule has 2 unspecified atom stereocenters. The first-order valence-electron chi connectivity index (χ1n) is 10.7. The third-order valence-electron chi connectivity index (χ3n) is 4.60. The highest BCUT2D eigenvalue weighted by Crippen LogP contribution is 2.20. The van der Waals surface area contributed by atoms with Crippen LogP contribution in [0, 0.1) is 11.8 Å². The molecule has 1 amide bonds. The maximum absolute atomic E-state index is 11.8. The fourth-order valence-electron chi connectivity index (χ4n) is 2.74. The molecule has 2 N–H and O–H groups in total. The molecule has 0 spiro atoms. The zero-order valence-electron chi connectivity index (χ0n) is 19.4. The minimum atomic E-state index is -0.0479. The number of hydrogen-bond donors (Lipinski definition) is 2. The number of aromatic nitrogens is 3. The van der Waals surface area contributed by atoms with E-state index in [-0.39, 0.29) is 23.5 Å². The highest BCUT2D eigenvalue weighted by atomic mass is 16.5. The first-order valence-corrected chi connectivity index (χ1v) is 10.7. The number of nitrogens with one attached hydrogen (secondary N) is 2. The van der Waals surface area contributed by atoms with Crippen molar-refractivity contribution >= 4 is 11.6 Å². The van der Waals surface area contributed by atoms with Gasteiger partial charge in [0.15, 0.2) is 0 Å². The average molecular weight is 416 g/mol. The Morgan fingerprint density at radius 2 is 1.80 bits per heavy atom. The second kappa shape index (κ2) is 10.7. The lowest BCUT2D eigenvalue weighted by Gasteiger charge is -2.24. The number of hydrogen-bond acceptors (Lipinski definition) is 5. The minimum absolute atomic E-state index is 0.00778. The number of amides is 1. The third-order valence-corrected chi connectivity index (χ3v) is 4.60. The molecule has 0 saturated carbocycles. The molecule has 7 heteroatoms. The highest BCUT2D eigenvalue weighted by molar-refractivity contribution is 5.92. The predicted molar refractivity (Wildman–Crippen MR) is 121 cm³/mol. The summed E-state index contributed by atoms with van der Waals surface area (Å²) in [5.41, 5.74) is 2.66. The summed E-state index contributed by atoms with van der Waals surface area (Å²) in [5, 5.41) is 14.9. The lowest BCUT2D eigenvalue weighted by molar-refractivity contribution is -0.118. The molecule has 30 heavy (non-hydrogen) atoms. The molecule has 0 radical (unpaired) electrons. The summed E-state index contributed by atoms with van der Waals surface area (Å²) in [6.45, 7) is 16.7. The smallest absolute Gasteiger partial charge is 0.226 e. The van der Waals surface area contributed by atoms with Gasteiger partial charge in [-0.15, -0.1) is 5.10 Å². The van der Waals surface area contributed by atoms with E-state index in [1.54, 1.807) is 0 Å². The third kappa shape index (κ3) is 8.24. The standard InChI is InChI=1S/C23H37N5O2/c1-16(2)22(29)25-20-10-8-19(9-11-20)21-14-28(27-26-21)13-17(3)15-30-18(4)12-24-23(5,6)7/h8-11,14,16-18,24H,12-13,15H2,1-7H3,(H,25,29). The van der Waals surface area contributed by atoms with Gasteiger partial charge < -0.3 is 15.4 Å². The van der Waals surface area contributed by atoms with E-state index in [1.807, 2.05) is 49.0 Å². The predicted octanol–water partition coefficient (Wildman–Crippen LogP) is 3.97. The Kier molecular flexibility index (Phi) is 8.55. The molecule has 0 aliphatic carbocycles. The zero-order chi connectivity index (χ0) is 22.3. The quantitative estimate of drug-likeness (QED) is 0.614. The molecule has 2 atom stereocenters. The van der Waals surface area contributed by atoms with Crippen LogP contribution >= 0.6 is 0 Å². The molecule has 2 rings (SSSR count). The van der Waals surface area contributed by atoms with Crippen molar-refractivity contribution in [3.8, 4) is 11.3 Å². The van der Waals surface area contributed by atoms with Gasteiger partial charge in [0.05, 0.1) is 18.9 Å². The van der Waals surface area contributed by atoms with Crippen LogP contribution in [0.25, 0.3) is 11.3 Å². The molecule has 166 valence electrons. The molecule has 2 aromatic rings. The van der Waals surface area contributed by atoms with Crippen LogP contribution in [0.2, 0.25) is 0 Å². The number of benzene rings is 1. The number of carbonyl (C=O) groups is 1. The van der Waals surface area contributed by atoms with Gasteiger partial charge in [0, 0.05) is 35.8 Å². The van der Waals surface area contributed by atoms with Crippen LogP contribution in [-0.2, 0) is 16.1 Å². The highest BCUT2D eigenvalue weighted by Gasteiger charge is 2.13. The van der Waals surface area contributed by atoms with Gasteiger partial charge in [-0.25, -0.2) is 0 Å². The Morgan fingerprint density at radius 3 is 2.40 bits per heavy atom. The first kappa shape index (κ1) is 24.0. The number of ether oxygens (including phenoxy) is 1. The van der Waals surface area contributed by atoms with Crippen molar-refractivity contribution < 1.29 is 9.53 Å². The second-order valence-corrected chi connectivity index (χ2v) is 9.43. The molecule has 0 fully saturated rings. The SMILES string of the molecule is CC(COC(C)CNC(C)(C)C)Cn1cc(-c2ccc(NC(=O)C(C)C)cc2)nn1. The monoisotopic (exact) mass is 415 g/mol. The van der Waals surface area contributed by atoms with E-state index in [1.165, 1.54) is 0 Å². The van der Waals surface area contributed by atoms with E-state index in [9.17, 15) is 4.79 Å². The Balaban J connectivity index is 1.83. The number of nitrogens with zero attached hydrogens (tertiary/aromatic N) is 3. The lowest BCUT2D eigenvalue weighted by atomic mass is 10.1. The van der Waals surface area contributed by atoms with E-state index in [2.05, 4.69) is 55.6 Å². The Labute approximate surface area is 180 Å². The molecule has 0 aliphatic heterocycles. The summed E-state index contributed by atoms with van der Waals surface area (Å²) >= 11 is 0. The largest absolute Gasteiger partial charge is 0.377 e. The number of anilines is 1. The van der Waals surface area contributed by atoms with Gasteiger partial charge in [0.2, 0.25) is 5.91 Å². The fraction of sp³-hybridized carbons (Fsp3) is 0.609. The summed E-state index contributed by atoms with van der Waals surface area (Å²) in [6.07, 6.45) is 2.11. The van der Waals surface area contributed by atoms with E-state index >= 15 is 0 Å². The van der Waals surface area contributed by atoms with E-state index in [4.69, 9.17) is 4.74 Å². The maximum atomic E-state index is 11.8. The van der Waals surface area contributed by atoms with Crippen LogP contribution in [0.1, 0.15) is 48.5 Å². The molecule has 1 heterocycles. The van der Waals surface area contributed by atoms with Crippen LogP contribution in [0.4, 0.5) is 5.69 Å². The number of rotatable bonds is 10. The second-order valence-electron chi connectivity index (χ2n) is 9.43. The molecule has 7 nitrogen and oxygen atoms in total. The van der Waals surface area contributed by atoms with E-state index in [0.29, 0.717) is 12.5 Å². The molecular formula is C23H37N5O2.